The van der Waals surface area contributed by atoms with E-state index in [2.05, 4.69) is 21.7 Å². The van der Waals surface area contributed by atoms with Crippen LogP contribution in [0.4, 0.5) is 0 Å². The van der Waals surface area contributed by atoms with Gasteiger partial charge in [-0.15, -0.1) is 11.3 Å². The molecule has 0 spiro atoms. The van der Waals surface area contributed by atoms with E-state index in [1.807, 2.05) is 58.0 Å². The molecule has 5 aromatic rings. The van der Waals surface area contributed by atoms with Gasteiger partial charge in [-0.2, -0.15) is 5.10 Å². The second-order valence-electron chi connectivity index (χ2n) is 14.4. The first-order valence-electron chi connectivity index (χ1n) is 16.9. The van der Waals surface area contributed by atoms with Crippen LogP contribution in [-0.2, 0) is 14.3 Å². The number of fused-ring (bicyclic) bond motifs is 2. The summed E-state index contributed by atoms with van der Waals surface area (Å²) >= 11 is 7.83. The molecule has 8 rings (SSSR count). The zero-order chi connectivity index (χ0) is 33.3. The summed E-state index contributed by atoms with van der Waals surface area (Å²) in [6, 6.07) is 14.7. The number of nitrogens with zero attached hydrogens (tertiary/aromatic N) is 5. The van der Waals surface area contributed by atoms with Crippen molar-refractivity contribution in [1.82, 2.24) is 24.6 Å². The largest absolute Gasteiger partial charge is 0.479 e. The zero-order valence-electron chi connectivity index (χ0n) is 27.7. The number of hydrogen-bond acceptors (Lipinski definition) is 8. The van der Waals surface area contributed by atoms with Gasteiger partial charge in [-0.25, -0.2) is 14.8 Å². The lowest BCUT2D eigenvalue weighted by atomic mass is 9.91. The number of ether oxygens (including phenoxy) is 2. The first-order chi connectivity index (χ1) is 23.0. The van der Waals surface area contributed by atoms with Crippen LogP contribution in [0.3, 0.4) is 0 Å². The van der Waals surface area contributed by atoms with Gasteiger partial charge < -0.3 is 14.6 Å². The summed E-state index contributed by atoms with van der Waals surface area (Å²) in [4.78, 5) is 25.7. The van der Waals surface area contributed by atoms with E-state index in [-0.39, 0.29) is 0 Å². The molecular formula is C37H40ClN5O4S. The molecule has 1 N–H and O–H groups in total. The molecule has 1 atom stereocenters. The van der Waals surface area contributed by atoms with E-state index in [9.17, 15) is 9.90 Å². The van der Waals surface area contributed by atoms with Gasteiger partial charge in [0.1, 0.15) is 10.5 Å². The third kappa shape index (κ3) is 5.92. The Morgan fingerprint density at radius 3 is 2.40 bits per heavy atom. The highest BCUT2D eigenvalue weighted by atomic mass is 35.5. The minimum atomic E-state index is -1.17. The molecular weight excluding hydrogens is 646 g/mol. The van der Waals surface area contributed by atoms with E-state index in [0.717, 1.165) is 106 Å². The Balaban J connectivity index is 1.24. The molecule has 0 amide bonds. The van der Waals surface area contributed by atoms with E-state index in [1.54, 1.807) is 0 Å². The molecule has 3 fully saturated rings. The average Bonchev–Trinajstić information content (AvgIpc) is 3.67. The van der Waals surface area contributed by atoms with Gasteiger partial charge in [0.05, 0.1) is 58.0 Å². The van der Waals surface area contributed by atoms with Gasteiger partial charge in [0.25, 0.3) is 0 Å². The van der Waals surface area contributed by atoms with E-state index in [4.69, 9.17) is 36.1 Å². The molecule has 1 aliphatic carbocycles. The number of carbonyl (C=O) groups is 1. The van der Waals surface area contributed by atoms with Crippen LogP contribution in [0, 0.1) is 6.92 Å². The van der Waals surface area contributed by atoms with E-state index in [0.29, 0.717) is 28.6 Å². The van der Waals surface area contributed by atoms with Gasteiger partial charge in [0, 0.05) is 22.1 Å². The van der Waals surface area contributed by atoms with Gasteiger partial charge >= 0.3 is 5.97 Å². The summed E-state index contributed by atoms with van der Waals surface area (Å²) < 4.78 is 14.7. The maximum Gasteiger partial charge on any atom is 0.337 e. The first kappa shape index (κ1) is 31.8. The molecule has 3 aliphatic rings. The number of hydrogen-bond donors (Lipinski definition) is 1. The maximum absolute atomic E-state index is 12.8. The van der Waals surface area contributed by atoms with Crippen molar-refractivity contribution in [2.75, 3.05) is 26.3 Å². The van der Waals surface area contributed by atoms with Crippen LogP contribution < -0.4 is 0 Å². The highest BCUT2D eigenvalue weighted by Crippen LogP contribution is 2.45. The molecule has 5 heterocycles. The smallest absolute Gasteiger partial charge is 0.337 e. The van der Waals surface area contributed by atoms with Gasteiger partial charge in [-0.3, -0.25) is 9.58 Å². The Morgan fingerprint density at radius 2 is 1.77 bits per heavy atom. The van der Waals surface area contributed by atoms with Crippen molar-refractivity contribution in [2.45, 2.75) is 83.1 Å². The molecule has 2 aliphatic heterocycles. The minimum absolute atomic E-state index is 0.361. The summed E-state index contributed by atoms with van der Waals surface area (Å²) in [5.74, 6) is -0.674. The summed E-state index contributed by atoms with van der Waals surface area (Å²) in [5, 5.41) is 17.1. The van der Waals surface area contributed by atoms with Crippen molar-refractivity contribution in [3.63, 3.8) is 0 Å². The third-order valence-electron chi connectivity index (χ3n) is 9.76. The van der Waals surface area contributed by atoms with Crippen molar-refractivity contribution in [3.05, 3.63) is 64.3 Å². The molecule has 2 aromatic carbocycles. The van der Waals surface area contributed by atoms with Crippen LogP contribution in [-0.4, -0.2) is 73.7 Å². The molecule has 1 unspecified atom stereocenters. The topological polar surface area (TPSA) is 103 Å². The molecule has 1 saturated carbocycles. The van der Waals surface area contributed by atoms with E-state index in [1.165, 1.54) is 11.3 Å². The minimum Gasteiger partial charge on any atom is -0.479 e. The molecule has 48 heavy (non-hydrogen) atoms. The van der Waals surface area contributed by atoms with Crippen LogP contribution in [0.15, 0.2) is 42.5 Å². The zero-order valence-corrected chi connectivity index (χ0v) is 29.3. The summed E-state index contributed by atoms with van der Waals surface area (Å²) in [6.45, 7) is 11.4. The summed E-state index contributed by atoms with van der Waals surface area (Å²) in [5.41, 5.74) is 7.18. The number of pyridine rings is 1. The molecule has 9 nitrogen and oxygen atoms in total. The Kier molecular flexibility index (Phi) is 8.07. The second kappa shape index (κ2) is 12.2. The molecule has 0 radical (unpaired) electrons. The average molecular weight is 686 g/mol. The number of rotatable bonds is 8. The lowest BCUT2D eigenvalue weighted by Crippen LogP contribution is -2.51. The molecule has 0 bridgehead atoms. The number of benzene rings is 2. The monoisotopic (exact) mass is 685 g/mol. The van der Waals surface area contributed by atoms with Crippen molar-refractivity contribution in [3.8, 4) is 21.8 Å². The predicted octanol–water partition coefficient (Wildman–Crippen LogP) is 8.19. The molecule has 250 valence electrons. The number of aliphatic carboxylic acids is 1. The molecule has 2 saturated heterocycles. The SMILES string of the molecule is Cc1cc2nc(-c3ccc4c(n3)c(C3CCN(C5COC5)CC3)nn4C3CC3)sc2c(-c2ccc(Cl)cc2)c1C(OC(C)(C)C)C(=O)O. The quantitative estimate of drug-likeness (QED) is 0.174. The van der Waals surface area contributed by atoms with Crippen molar-refractivity contribution in [2.24, 2.45) is 0 Å². The van der Waals surface area contributed by atoms with Crippen LogP contribution in [0.2, 0.25) is 5.02 Å². The predicted molar refractivity (Wildman–Crippen MR) is 189 cm³/mol. The van der Waals surface area contributed by atoms with Gasteiger partial charge in [-0.1, -0.05) is 23.7 Å². The first-order valence-corrected chi connectivity index (χ1v) is 18.1. The highest BCUT2D eigenvalue weighted by Gasteiger charge is 2.35. The number of thiazole rings is 1. The highest BCUT2D eigenvalue weighted by molar-refractivity contribution is 7.22. The summed E-state index contributed by atoms with van der Waals surface area (Å²) in [7, 11) is 0. The second-order valence-corrected chi connectivity index (χ2v) is 15.9. The Hall–Kier alpha value is -3.41. The standard InChI is InChI=1S/C37H40ClN5O4S/c1-20-17-27-34(30(21-5-7-23(38)8-6-21)29(20)33(36(44)45)47-37(2,3)4)48-35(40-27)26-11-12-28-32(39-26)31(41-43(28)24-9-10-24)22-13-15-42(16-14-22)25-18-46-19-25/h5-8,11-12,17,22,24-25,33H,9-10,13-16,18-19H2,1-4H3,(H,44,45). The lowest BCUT2D eigenvalue weighted by molar-refractivity contribution is -0.160. The van der Waals surface area contributed by atoms with Gasteiger partial charge in [0.2, 0.25) is 0 Å². The number of aromatic nitrogens is 4. The fourth-order valence-electron chi connectivity index (χ4n) is 7.15. The summed E-state index contributed by atoms with van der Waals surface area (Å²) in [6.07, 6.45) is 3.27. The number of carboxylic acids is 1. The number of halogens is 1. The van der Waals surface area contributed by atoms with Crippen LogP contribution in [0.25, 0.3) is 43.1 Å². The van der Waals surface area contributed by atoms with E-state index >= 15 is 0 Å². The number of piperidine rings is 1. The van der Waals surface area contributed by atoms with Crippen molar-refractivity contribution in [1.29, 1.82) is 0 Å². The number of aryl methyl sites for hydroxylation is 1. The lowest BCUT2D eigenvalue weighted by Gasteiger charge is -2.41. The Morgan fingerprint density at radius 1 is 1.04 bits per heavy atom. The number of carboxylic acid groups (broad SMARTS) is 1. The maximum atomic E-state index is 12.8. The molecule has 3 aromatic heterocycles. The van der Waals surface area contributed by atoms with Crippen LogP contribution in [0.1, 0.15) is 81.3 Å². The van der Waals surface area contributed by atoms with Crippen LogP contribution >= 0.6 is 22.9 Å². The van der Waals surface area contributed by atoms with E-state index < -0.39 is 17.7 Å². The third-order valence-corrected chi connectivity index (χ3v) is 11.1. The molecule has 11 heteroatoms. The fourth-order valence-corrected chi connectivity index (χ4v) is 8.37. The van der Waals surface area contributed by atoms with Gasteiger partial charge in [-0.05, 0) is 108 Å². The van der Waals surface area contributed by atoms with Crippen molar-refractivity contribution < 1.29 is 19.4 Å². The normalized spacial score (nSPS) is 18.9. The van der Waals surface area contributed by atoms with Crippen LogP contribution in [0.5, 0.6) is 0 Å². The number of likely N-dealkylation sites (tertiary alicyclic amines) is 1. The Bertz CT molecular complexity index is 2020. The fraction of sp³-hybridized carbons (Fsp3) is 0.459. The van der Waals surface area contributed by atoms with Crippen molar-refractivity contribution >= 4 is 50.2 Å². The van der Waals surface area contributed by atoms with Gasteiger partial charge in [0.15, 0.2) is 6.10 Å². The Labute approximate surface area is 288 Å².